The number of nitrogens with one attached hydrogen (secondary N) is 1. The van der Waals surface area contributed by atoms with Crippen molar-refractivity contribution >= 4 is 28.8 Å². The van der Waals surface area contributed by atoms with Gasteiger partial charge in [-0.25, -0.2) is 4.98 Å². The first kappa shape index (κ1) is 16.7. The van der Waals surface area contributed by atoms with E-state index in [0.717, 1.165) is 0 Å². The number of carbonyl (C=O) groups is 1. The van der Waals surface area contributed by atoms with Gasteiger partial charge in [0, 0.05) is 11.8 Å². The molecule has 0 saturated heterocycles. The van der Waals surface area contributed by atoms with Crippen molar-refractivity contribution in [2.75, 3.05) is 5.32 Å². The van der Waals surface area contributed by atoms with Crippen molar-refractivity contribution in [2.45, 2.75) is 6.92 Å². The van der Waals surface area contributed by atoms with E-state index in [1.807, 2.05) is 18.2 Å². The zero-order chi connectivity index (χ0) is 18.8. The molecule has 6 heteroatoms. The summed E-state index contributed by atoms with van der Waals surface area (Å²) >= 11 is 0. The number of furan rings is 1. The molecule has 2 N–H and O–H groups in total. The number of phenolic OH excluding ortho intramolecular Hbond substituents is 1. The number of aromatic nitrogens is 1. The van der Waals surface area contributed by atoms with Crippen molar-refractivity contribution in [1.82, 2.24) is 4.98 Å². The fourth-order valence-corrected chi connectivity index (χ4v) is 2.73. The quantitative estimate of drug-likeness (QED) is 0.405. The molecule has 0 fully saturated rings. The summed E-state index contributed by atoms with van der Waals surface area (Å²) in [6, 6.07) is 14.2. The van der Waals surface area contributed by atoms with Crippen molar-refractivity contribution in [3.63, 3.8) is 0 Å². The SMILES string of the molecule is Cc1cc(NC(=O)C=Cc2ccco2)cc(-c2nc3ccccc3o2)c1O. The van der Waals surface area contributed by atoms with Gasteiger partial charge < -0.3 is 19.3 Å². The van der Waals surface area contributed by atoms with E-state index >= 15 is 0 Å². The van der Waals surface area contributed by atoms with Crippen LogP contribution in [0.2, 0.25) is 0 Å². The predicted molar refractivity (Wildman–Crippen MR) is 102 cm³/mol. The number of phenols is 1. The number of rotatable bonds is 4. The first-order chi connectivity index (χ1) is 13.1. The summed E-state index contributed by atoms with van der Waals surface area (Å²) < 4.78 is 10.9. The predicted octanol–water partition coefficient (Wildman–Crippen LogP) is 4.75. The summed E-state index contributed by atoms with van der Waals surface area (Å²) in [5.41, 5.74) is 2.86. The summed E-state index contributed by atoms with van der Waals surface area (Å²) in [4.78, 5) is 16.6. The third kappa shape index (κ3) is 3.46. The van der Waals surface area contributed by atoms with Crippen LogP contribution in [0.5, 0.6) is 5.75 Å². The molecule has 134 valence electrons. The molecule has 0 bridgehead atoms. The second kappa shape index (κ2) is 6.84. The van der Waals surface area contributed by atoms with Gasteiger partial charge in [0.05, 0.1) is 11.8 Å². The lowest BCUT2D eigenvalue weighted by Gasteiger charge is -2.09. The molecule has 0 saturated carbocycles. The number of para-hydroxylation sites is 2. The van der Waals surface area contributed by atoms with Gasteiger partial charge in [0.2, 0.25) is 11.8 Å². The Balaban J connectivity index is 1.64. The van der Waals surface area contributed by atoms with E-state index < -0.39 is 0 Å². The third-order valence-electron chi connectivity index (χ3n) is 4.03. The zero-order valence-electron chi connectivity index (χ0n) is 14.5. The highest BCUT2D eigenvalue weighted by atomic mass is 16.3. The topological polar surface area (TPSA) is 88.5 Å². The highest BCUT2D eigenvalue weighted by molar-refractivity contribution is 6.02. The smallest absolute Gasteiger partial charge is 0.248 e. The number of amides is 1. The van der Waals surface area contributed by atoms with E-state index in [0.29, 0.717) is 39.6 Å². The third-order valence-corrected chi connectivity index (χ3v) is 4.03. The second-order valence-electron chi connectivity index (χ2n) is 6.01. The Morgan fingerprint density at radius 2 is 2.04 bits per heavy atom. The van der Waals surface area contributed by atoms with Gasteiger partial charge >= 0.3 is 0 Å². The van der Waals surface area contributed by atoms with E-state index in [4.69, 9.17) is 8.83 Å². The fraction of sp³-hybridized carbons (Fsp3) is 0.0476. The van der Waals surface area contributed by atoms with Crippen LogP contribution in [-0.2, 0) is 4.79 Å². The van der Waals surface area contributed by atoms with Crippen molar-refractivity contribution in [3.05, 3.63) is 72.2 Å². The molecular weight excluding hydrogens is 344 g/mol. The van der Waals surface area contributed by atoms with Crippen LogP contribution < -0.4 is 5.32 Å². The highest BCUT2D eigenvalue weighted by Crippen LogP contribution is 2.36. The number of benzene rings is 2. The molecule has 27 heavy (non-hydrogen) atoms. The van der Waals surface area contributed by atoms with Gasteiger partial charge in [-0.1, -0.05) is 12.1 Å². The first-order valence-corrected chi connectivity index (χ1v) is 8.32. The summed E-state index contributed by atoms with van der Waals surface area (Å²) in [6.07, 6.45) is 4.48. The summed E-state index contributed by atoms with van der Waals surface area (Å²) in [5.74, 6) is 0.615. The maximum absolute atomic E-state index is 12.2. The van der Waals surface area contributed by atoms with Crippen molar-refractivity contribution < 1.29 is 18.7 Å². The number of carbonyl (C=O) groups excluding carboxylic acids is 1. The molecule has 4 rings (SSSR count). The monoisotopic (exact) mass is 360 g/mol. The van der Waals surface area contributed by atoms with Crippen LogP contribution in [-0.4, -0.2) is 16.0 Å². The summed E-state index contributed by atoms with van der Waals surface area (Å²) in [5, 5.41) is 13.2. The van der Waals surface area contributed by atoms with E-state index in [1.165, 1.54) is 12.3 Å². The van der Waals surface area contributed by atoms with E-state index in [9.17, 15) is 9.90 Å². The molecule has 0 radical (unpaired) electrons. The van der Waals surface area contributed by atoms with Crippen LogP contribution >= 0.6 is 0 Å². The molecule has 0 spiro atoms. The average molecular weight is 360 g/mol. The lowest BCUT2D eigenvalue weighted by molar-refractivity contribution is -0.111. The van der Waals surface area contributed by atoms with E-state index in [-0.39, 0.29) is 11.7 Å². The van der Waals surface area contributed by atoms with Crippen molar-refractivity contribution in [2.24, 2.45) is 0 Å². The first-order valence-electron chi connectivity index (χ1n) is 8.32. The van der Waals surface area contributed by atoms with Crippen LogP contribution in [0.25, 0.3) is 28.6 Å². The van der Waals surface area contributed by atoms with Crippen LogP contribution in [0.4, 0.5) is 5.69 Å². The van der Waals surface area contributed by atoms with E-state index in [2.05, 4.69) is 10.3 Å². The Labute approximate surface area is 154 Å². The molecular formula is C21H16N2O4. The van der Waals surface area contributed by atoms with Gasteiger partial charge in [0.1, 0.15) is 17.0 Å². The van der Waals surface area contributed by atoms with Gasteiger partial charge in [-0.2, -0.15) is 0 Å². The standard InChI is InChI=1S/C21H16N2O4/c1-13-11-14(22-19(24)9-8-15-5-4-10-26-15)12-16(20(13)25)21-23-17-6-2-3-7-18(17)27-21/h2-12,25H,1H3,(H,22,24). The summed E-state index contributed by atoms with van der Waals surface area (Å²) in [6.45, 7) is 1.75. The van der Waals surface area contributed by atoms with Gasteiger partial charge in [-0.05, 0) is 55.0 Å². The molecule has 0 aliphatic carbocycles. The Bertz CT molecular complexity index is 1110. The molecule has 0 unspecified atom stereocenters. The van der Waals surface area contributed by atoms with Gasteiger partial charge in [0.15, 0.2) is 5.58 Å². The molecule has 0 atom stereocenters. The number of fused-ring (bicyclic) bond motifs is 1. The number of nitrogens with zero attached hydrogens (tertiary/aromatic N) is 1. The molecule has 6 nitrogen and oxygen atoms in total. The van der Waals surface area contributed by atoms with Gasteiger partial charge in [-0.3, -0.25) is 4.79 Å². The molecule has 2 aromatic carbocycles. The number of oxazole rings is 1. The number of anilines is 1. The van der Waals surface area contributed by atoms with Crippen molar-refractivity contribution in [1.29, 1.82) is 0 Å². The van der Waals surface area contributed by atoms with Gasteiger partial charge in [-0.15, -0.1) is 0 Å². The van der Waals surface area contributed by atoms with Gasteiger partial charge in [0.25, 0.3) is 0 Å². The number of hydrogen-bond acceptors (Lipinski definition) is 5. The van der Waals surface area contributed by atoms with Crippen molar-refractivity contribution in [3.8, 4) is 17.2 Å². The highest BCUT2D eigenvalue weighted by Gasteiger charge is 2.16. The minimum absolute atomic E-state index is 0.0608. The molecule has 0 aliphatic heterocycles. The van der Waals surface area contributed by atoms with Crippen LogP contribution in [0, 0.1) is 6.92 Å². The molecule has 1 amide bonds. The minimum Gasteiger partial charge on any atom is -0.507 e. The molecule has 0 aliphatic rings. The number of aryl methyl sites for hydroxylation is 1. The Hall–Kier alpha value is -3.80. The van der Waals surface area contributed by atoms with Crippen LogP contribution in [0.1, 0.15) is 11.3 Å². The number of hydrogen-bond donors (Lipinski definition) is 2. The molecule has 2 heterocycles. The molecule has 4 aromatic rings. The minimum atomic E-state index is -0.319. The average Bonchev–Trinajstić information content (AvgIpc) is 3.32. The second-order valence-corrected chi connectivity index (χ2v) is 6.01. The zero-order valence-corrected chi connectivity index (χ0v) is 14.5. The largest absolute Gasteiger partial charge is 0.507 e. The normalized spacial score (nSPS) is 11.3. The maximum Gasteiger partial charge on any atom is 0.248 e. The Morgan fingerprint density at radius 1 is 1.19 bits per heavy atom. The van der Waals surface area contributed by atoms with Crippen LogP contribution in [0.3, 0.4) is 0 Å². The van der Waals surface area contributed by atoms with E-state index in [1.54, 1.807) is 43.3 Å². The summed E-state index contributed by atoms with van der Waals surface area (Å²) in [7, 11) is 0. The van der Waals surface area contributed by atoms with Crippen LogP contribution in [0.15, 0.2) is 69.7 Å². The molecule has 2 aromatic heterocycles. The Kier molecular flexibility index (Phi) is 4.22. The fourth-order valence-electron chi connectivity index (χ4n) is 2.73. The number of aromatic hydroxyl groups is 1. The maximum atomic E-state index is 12.2. The Morgan fingerprint density at radius 3 is 2.81 bits per heavy atom. The lowest BCUT2D eigenvalue weighted by Crippen LogP contribution is -2.08. The lowest BCUT2D eigenvalue weighted by atomic mass is 10.1.